The highest BCUT2D eigenvalue weighted by atomic mass is 16.5. The molecule has 0 spiro atoms. The molecule has 0 aromatic heterocycles. The van der Waals surface area contributed by atoms with Crippen molar-refractivity contribution in [3.63, 3.8) is 0 Å². The lowest BCUT2D eigenvalue weighted by molar-refractivity contribution is -0.133. The molecule has 1 aliphatic carbocycles. The van der Waals surface area contributed by atoms with Gasteiger partial charge in [-0.15, -0.1) is 0 Å². The summed E-state index contributed by atoms with van der Waals surface area (Å²) in [6.07, 6.45) is 3.70. The Hall–Kier alpha value is -1.39. The standard InChI is InChI=1S/C17H22N2O2/c1-11-17(20)19(14-9-10-21-15(14)12-7-8-12)16(18-11)13-5-3-2-4-6-13/h2-6,11-12,14-16,18H,7-10H2,1H3. The lowest BCUT2D eigenvalue weighted by atomic mass is 10.0. The fourth-order valence-corrected chi connectivity index (χ4v) is 3.76. The molecule has 3 aliphatic rings. The van der Waals surface area contributed by atoms with Crippen LogP contribution in [0.4, 0.5) is 0 Å². The summed E-state index contributed by atoms with van der Waals surface area (Å²) >= 11 is 0. The van der Waals surface area contributed by atoms with E-state index < -0.39 is 0 Å². The normalized spacial score (nSPS) is 36.4. The number of ether oxygens (including phenoxy) is 1. The fourth-order valence-electron chi connectivity index (χ4n) is 3.76. The molecule has 4 unspecified atom stereocenters. The maximum absolute atomic E-state index is 12.7. The number of hydrogen-bond acceptors (Lipinski definition) is 3. The SMILES string of the molecule is CC1NC(c2ccccc2)N(C2CCOC2C2CC2)C1=O. The monoisotopic (exact) mass is 286 g/mol. The maximum Gasteiger partial charge on any atom is 0.241 e. The van der Waals surface area contributed by atoms with Gasteiger partial charge in [0.2, 0.25) is 5.91 Å². The van der Waals surface area contributed by atoms with E-state index in [1.807, 2.05) is 25.1 Å². The summed E-state index contributed by atoms with van der Waals surface area (Å²) in [5, 5.41) is 3.45. The van der Waals surface area contributed by atoms with Crippen LogP contribution < -0.4 is 5.32 Å². The molecule has 1 aromatic rings. The van der Waals surface area contributed by atoms with Gasteiger partial charge in [-0.3, -0.25) is 10.1 Å². The van der Waals surface area contributed by atoms with Crippen molar-refractivity contribution in [2.75, 3.05) is 6.61 Å². The van der Waals surface area contributed by atoms with Crippen LogP contribution in [0.25, 0.3) is 0 Å². The molecule has 112 valence electrons. The maximum atomic E-state index is 12.7. The highest BCUT2D eigenvalue weighted by Gasteiger charge is 2.49. The van der Waals surface area contributed by atoms with Gasteiger partial charge >= 0.3 is 0 Å². The van der Waals surface area contributed by atoms with Crippen molar-refractivity contribution >= 4 is 5.91 Å². The number of nitrogens with one attached hydrogen (secondary N) is 1. The first-order valence-corrected chi connectivity index (χ1v) is 8.00. The first kappa shape index (κ1) is 13.3. The van der Waals surface area contributed by atoms with Crippen molar-refractivity contribution in [1.82, 2.24) is 10.2 Å². The van der Waals surface area contributed by atoms with E-state index in [9.17, 15) is 4.79 Å². The molecule has 4 heteroatoms. The largest absolute Gasteiger partial charge is 0.376 e. The molecule has 4 nitrogen and oxygen atoms in total. The Bertz CT molecular complexity index is 529. The average Bonchev–Trinajstić information content (AvgIpc) is 3.17. The molecule has 1 amide bonds. The van der Waals surface area contributed by atoms with Gasteiger partial charge in [0.25, 0.3) is 0 Å². The molecule has 21 heavy (non-hydrogen) atoms. The second-order valence-electron chi connectivity index (χ2n) is 6.48. The Labute approximate surface area is 125 Å². The summed E-state index contributed by atoms with van der Waals surface area (Å²) < 4.78 is 5.95. The topological polar surface area (TPSA) is 41.6 Å². The van der Waals surface area contributed by atoms with Gasteiger partial charge < -0.3 is 9.64 Å². The number of benzene rings is 1. The van der Waals surface area contributed by atoms with Crippen LogP contribution in [-0.4, -0.2) is 35.6 Å². The van der Waals surface area contributed by atoms with Crippen molar-refractivity contribution in [3.05, 3.63) is 35.9 Å². The first-order valence-electron chi connectivity index (χ1n) is 8.00. The number of carbonyl (C=O) groups is 1. The van der Waals surface area contributed by atoms with Crippen molar-refractivity contribution in [1.29, 1.82) is 0 Å². The Morgan fingerprint density at radius 2 is 1.95 bits per heavy atom. The predicted molar refractivity (Wildman–Crippen MR) is 79.5 cm³/mol. The minimum atomic E-state index is -0.115. The molecule has 4 atom stereocenters. The van der Waals surface area contributed by atoms with E-state index in [2.05, 4.69) is 22.3 Å². The average molecular weight is 286 g/mol. The fraction of sp³-hybridized carbons (Fsp3) is 0.588. The van der Waals surface area contributed by atoms with E-state index in [4.69, 9.17) is 4.74 Å². The van der Waals surface area contributed by atoms with Crippen molar-refractivity contribution in [2.24, 2.45) is 5.92 Å². The van der Waals surface area contributed by atoms with Crippen LogP contribution in [0.2, 0.25) is 0 Å². The van der Waals surface area contributed by atoms with E-state index in [-0.39, 0.29) is 30.3 Å². The number of hydrogen-bond donors (Lipinski definition) is 1. The van der Waals surface area contributed by atoms with Crippen molar-refractivity contribution in [3.8, 4) is 0 Å². The summed E-state index contributed by atoms with van der Waals surface area (Å²) in [6, 6.07) is 10.4. The number of carbonyl (C=O) groups excluding carboxylic acids is 1. The molecule has 1 saturated carbocycles. The quantitative estimate of drug-likeness (QED) is 0.925. The minimum absolute atomic E-state index is 0.0124. The Balaban J connectivity index is 1.65. The van der Waals surface area contributed by atoms with E-state index in [0.29, 0.717) is 5.92 Å². The van der Waals surface area contributed by atoms with Gasteiger partial charge in [-0.1, -0.05) is 30.3 Å². The molecule has 0 radical (unpaired) electrons. The van der Waals surface area contributed by atoms with Gasteiger partial charge in [0.1, 0.15) is 6.17 Å². The molecule has 3 fully saturated rings. The van der Waals surface area contributed by atoms with Crippen LogP contribution in [0.15, 0.2) is 30.3 Å². The predicted octanol–water partition coefficient (Wildman–Crippen LogP) is 2.07. The molecule has 4 rings (SSSR count). The third kappa shape index (κ3) is 2.27. The molecular weight excluding hydrogens is 264 g/mol. The van der Waals surface area contributed by atoms with E-state index in [1.54, 1.807) is 0 Å². The van der Waals surface area contributed by atoms with Crippen molar-refractivity contribution < 1.29 is 9.53 Å². The highest BCUT2D eigenvalue weighted by Crippen LogP contribution is 2.43. The van der Waals surface area contributed by atoms with Gasteiger partial charge in [-0.25, -0.2) is 0 Å². The summed E-state index contributed by atoms with van der Waals surface area (Å²) in [4.78, 5) is 14.7. The second-order valence-corrected chi connectivity index (χ2v) is 6.48. The third-order valence-electron chi connectivity index (χ3n) is 4.97. The van der Waals surface area contributed by atoms with Gasteiger partial charge in [0, 0.05) is 6.61 Å². The first-order chi connectivity index (χ1) is 10.3. The second kappa shape index (κ2) is 5.11. The summed E-state index contributed by atoms with van der Waals surface area (Å²) in [6.45, 7) is 2.74. The van der Waals surface area contributed by atoms with Gasteiger partial charge in [-0.05, 0) is 37.7 Å². The molecule has 2 saturated heterocycles. The zero-order chi connectivity index (χ0) is 14.4. The van der Waals surface area contributed by atoms with E-state index >= 15 is 0 Å². The third-order valence-corrected chi connectivity index (χ3v) is 4.97. The minimum Gasteiger partial charge on any atom is -0.376 e. The Kier molecular flexibility index (Phi) is 3.23. The summed E-state index contributed by atoms with van der Waals surface area (Å²) in [7, 11) is 0. The Morgan fingerprint density at radius 1 is 1.19 bits per heavy atom. The zero-order valence-corrected chi connectivity index (χ0v) is 12.4. The van der Waals surface area contributed by atoms with Crippen LogP contribution in [0.5, 0.6) is 0 Å². The molecule has 2 heterocycles. The smallest absolute Gasteiger partial charge is 0.241 e. The van der Waals surface area contributed by atoms with Gasteiger partial charge in [0.05, 0.1) is 18.2 Å². The number of amides is 1. The van der Waals surface area contributed by atoms with Gasteiger partial charge in [0.15, 0.2) is 0 Å². The highest BCUT2D eigenvalue weighted by molar-refractivity contribution is 5.84. The van der Waals surface area contributed by atoms with E-state index in [1.165, 1.54) is 12.8 Å². The van der Waals surface area contributed by atoms with Crippen LogP contribution >= 0.6 is 0 Å². The zero-order valence-electron chi connectivity index (χ0n) is 12.4. The molecular formula is C17H22N2O2. The molecule has 0 bridgehead atoms. The van der Waals surface area contributed by atoms with E-state index in [0.717, 1.165) is 18.6 Å². The molecule has 1 aromatic carbocycles. The molecule has 1 N–H and O–H groups in total. The lowest BCUT2D eigenvalue weighted by Crippen LogP contribution is -2.45. The van der Waals surface area contributed by atoms with Crippen LogP contribution in [0, 0.1) is 5.92 Å². The number of rotatable bonds is 3. The van der Waals surface area contributed by atoms with Gasteiger partial charge in [-0.2, -0.15) is 0 Å². The Morgan fingerprint density at radius 3 is 2.67 bits per heavy atom. The van der Waals surface area contributed by atoms with Crippen LogP contribution in [-0.2, 0) is 9.53 Å². The van der Waals surface area contributed by atoms with Crippen LogP contribution in [0.1, 0.15) is 37.9 Å². The van der Waals surface area contributed by atoms with Crippen LogP contribution in [0.3, 0.4) is 0 Å². The summed E-state index contributed by atoms with van der Waals surface area (Å²) in [5.41, 5.74) is 1.16. The lowest BCUT2D eigenvalue weighted by Gasteiger charge is -2.33. The number of nitrogens with zero attached hydrogens (tertiary/aromatic N) is 1. The summed E-state index contributed by atoms with van der Waals surface area (Å²) in [5.74, 6) is 0.877. The van der Waals surface area contributed by atoms with Crippen molar-refractivity contribution in [2.45, 2.75) is 50.5 Å². The molecule has 2 aliphatic heterocycles.